The van der Waals surface area contributed by atoms with E-state index in [4.69, 9.17) is 16.7 Å². The Labute approximate surface area is 193 Å². The highest BCUT2D eigenvalue weighted by Crippen LogP contribution is 2.33. The van der Waals surface area contributed by atoms with Gasteiger partial charge in [-0.25, -0.2) is 8.70 Å². The fourth-order valence-corrected chi connectivity index (χ4v) is 5.12. The van der Waals surface area contributed by atoms with E-state index in [-0.39, 0.29) is 11.4 Å². The summed E-state index contributed by atoms with van der Waals surface area (Å²) >= 11 is 0. The lowest BCUT2D eigenvalue weighted by Crippen LogP contribution is -3.12. The van der Waals surface area contributed by atoms with Crippen LogP contribution in [0.3, 0.4) is 0 Å². The average molecular weight is 462 g/mol. The summed E-state index contributed by atoms with van der Waals surface area (Å²) in [6, 6.07) is 18.3. The SMILES string of the molecule is N#Cc1ccc(S(=O)[NH+]2CC=C(c3cc(-c4ccc(F)cc4)cc(C(N)=O)c3N)CC2)cc1. The number of carbonyl (C=O) groups excluding carboxylic acids is 1. The number of carbonyl (C=O) groups is 1. The van der Waals surface area contributed by atoms with Gasteiger partial charge in [-0.2, -0.15) is 9.47 Å². The summed E-state index contributed by atoms with van der Waals surface area (Å²) in [4.78, 5) is 12.7. The molecule has 1 heterocycles. The number of nitrogens with zero attached hydrogens (tertiary/aromatic N) is 1. The lowest BCUT2D eigenvalue weighted by atomic mass is 9.91. The summed E-state index contributed by atoms with van der Waals surface area (Å²) in [5.74, 6) is -0.985. The Morgan fingerprint density at radius 2 is 1.76 bits per heavy atom. The van der Waals surface area contributed by atoms with Crippen LogP contribution >= 0.6 is 0 Å². The van der Waals surface area contributed by atoms with Crippen molar-refractivity contribution in [3.8, 4) is 17.2 Å². The second kappa shape index (κ2) is 9.36. The minimum atomic E-state index is -1.28. The van der Waals surface area contributed by atoms with Crippen LogP contribution in [-0.2, 0) is 11.0 Å². The van der Waals surface area contributed by atoms with Gasteiger partial charge in [0.15, 0.2) is 0 Å². The molecule has 0 aliphatic carbocycles. The number of nitrogen functional groups attached to an aromatic ring is 1. The normalized spacial score (nSPS) is 16.5. The van der Waals surface area contributed by atoms with Crippen molar-refractivity contribution in [1.29, 1.82) is 5.26 Å². The topological polar surface area (TPSA) is 114 Å². The van der Waals surface area contributed by atoms with Crippen LogP contribution in [0.1, 0.15) is 27.9 Å². The largest absolute Gasteiger partial charge is 0.398 e. The number of rotatable bonds is 5. The van der Waals surface area contributed by atoms with E-state index in [9.17, 15) is 13.4 Å². The maximum Gasteiger partial charge on any atom is 0.250 e. The van der Waals surface area contributed by atoms with E-state index in [1.807, 2.05) is 12.1 Å². The molecule has 0 bridgehead atoms. The van der Waals surface area contributed by atoms with E-state index in [2.05, 4.69) is 6.07 Å². The van der Waals surface area contributed by atoms with Crippen LogP contribution in [-0.4, -0.2) is 23.2 Å². The molecule has 0 aromatic heterocycles. The highest BCUT2D eigenvalue weighted by atomic mass is 32.2. The number of nitrogens with one attached hydrogen (secondary N) is 1. The maximum atomic E-state index is 13.4. The number of primary amides is 1. The van der Waals surface area contributed by atoms with Crippen molar-refractivity contribution in [3.63, 3.8) is 0 Å². The standard InChI is InChI=1S/C25H21FN4O2S/c26-20-5-3-17(4-6-20)19-13-22(24(28)23(14-19)25(29)31)18-9-11-30(12-10-18)33(32)21-7-1-16(15-27)2-8-21/h1-9,13-14H,10-12,28H2,(H2,29,31)/p+1. The minimum Gasteiger partial charge on any atom is -0.398 e. The zero-order chi connectivity index (χ0) is 23.5. The van der Waals surface area contributed by atoms with Crippen LogP contribution < -0.4 is 15.8 Å². The van der Waals surface area contributed by atoms with Crippen molar-refractivity contribution >= 4 is 28.2 Å². The molecule has 2 unspecified atom stereocenters. The fraction of sp³-hybridized carbons (Fsp3) is 0.120. The van der Waals surface area contributed by atoms with Gasteiger partial charge in [-0.15, -0.1) is 0 Å². The van der Waals surface area contributed by atoms with Gasteiger partial charge in [-0.05, 0) is 71.3 Å². The minimum absolute atomic E-state index is 0.212. The van der Waals surface area contributed by atoms with Gasteiger partial charge >= 0.3 is 0 Å². The smallest absolute Gasteiger partial charge is 0.250 e. The van der Waals surface area contributed by atoms with Crippen LogP contribution in [0.15, 0.2) is 71.6 Å². The van der Waals surface area contributed by atoms with Crippen LogP contribution in [0.25, 0.3) is 16.7 Å². The molecule has 8 heteroatoms. The number of quaternary nitrogens is 1. The van der Waals surface area contributed by atoms with Gasteiger partial charge in [0.1, 0.15) is 12.4 Å². The highest BCUT2D eigenvalue weighted by molar-refractivity contribution is 7.78. The predicted molar refractivity (Wildman–Crippen MR) is 126 cm³/mol. The predicted octanol–water partition coefficient (Wildman–Crippen LogP) is 2.44. The van der Waals surface area contributed by atoms with Crippen molar-refractivity contribution in [3.05, 3.63) is 89.2 Å². The number of halogens is 1. The Hall–Kier alpha value is -3.80. The van der Waals surface area contributed by atoms with Gasteiger partial charge in [-0.1, -0.05) is 12.1 Å². The number of nitriles is 1. The highest BCUT2D eigenvalue weighted by Gasteiger charge is 2.25. The van der Waals surface area contributed by atoms with E-state index in [0.717, 1.165) is 15.4 Å². The zero-order valence-electron chi connectivity index (χ0n) is 17.7. The quantitative estimate of drug-likeness (QED) is 0.506. The molecule has 2 atom stereocenters. The average Bonchev–Trinajstić information content (AvgIpc) is 2.84. The molecule has 0 fully saturated rings. The molecule has 166 valence electrons. The number of hydrogen-bond donors (Lipinski definition) is 3. The van der Waals surface area contributed by atoms with Crippen LogP contribution in [0.2, 0.25) is 0 Å². The monoisotopic (exact) mass is 461 g/mol. The lowest BCUT2D eigenvalue weighted by molar-refractivity contribution is -0.756. The molecule has 4 rings (SSSR count). The molecule has 0 spiro atoms. The van der Waals surface area contributed by atoms with E-state index < -0.39 is 16.9 Å². The molecule has 1 amide bonds. The molecule has 6 nitrogen and oxygen atoms in total. The molecule has 3 aromatic carbocycles. The van der Waals surface area contributed by atoms with E-state index in [1.54, 1.807) is 42.5 Å². The molecular formula is C25H22FN4O2S+. The summed E-state index contributed by atoms with van der Waals surface area (Å²) < 4.78 is 27.2. The van der Waals surface area contributed by atoms with Crippen LogP contribution in [0, 0.1) is 17.1 Å². The summed E-state index contributed by atoms with van der Waals surface area (Å²) in [6.45, 7) is 1.11. The number of benzene rings is 3. The summed E-state index contributed by atoms with van der Waals surface area (Å²) in [7, 11) is -1.28. The van der Waals surface area contributed by atoms with Gasteiger partial charge < -0.3 is 11.5 Å². The molecule has 0 saturated heterocycles. The molecule has 5 N–H and O–H groups in total. The molecule has 0 saturated carbocycles. The molecule has 1 aliphatic rings. The lowest BCUT2D eigenvalue weighted by Gasteiger charge is -2.23. The summed E-state index contributed by atoms with van der Waals surface area (Å²) in [6.07, 6.45) is 2.58. The number of hydrogen-bond acceptors (Lipinski definition) is 4. The Morgan fingerprint density at radius 3 is 2.33 bits per heavy atom. The molecule has 33 heavy (non-hydrogen) atoms. The van der Waals surface area contributed by atoms with E-state index in [1.165, 1.54) is 12.1 Å². The first-order chi connectivity index (χ1) is 15.9. The number of amides is 1. The van der Waals surface area contributed by atoms with Crippen LogP contribution in [0.4, 0.5) is 10.1 Å². The first kappa shape index (κ1) is 22.4. The third kappa shape index (κ3) is 4.70. The van der Waals surface area contributed by atoms with E-state index in [0.29, 0.717) is 46.8 Å². The molecule has 1 aliphatic heterocycles. The van der Waals surface area contributed by atoms with Gasteiger partial charge in [0.25, 0.3) is 5.91 Å². The Bertz CT molecular complexity index is 1310. The summed E-state index contributed by atoms with van der Waals surface area (Å²) in [5.41, 5.74) is 16.0. The van der Waals surface area contributed by atoms with Crippen molar-refractivity contribution < 1.29 is 17.7 Å². The van der Waals surface area contributed by atoms with Crippen LogP contribution in [0.5, 0.6) is 0 Å². The Morgan fingerprint density at radius 1 is 1.06 bits per heavy atom. The fourth-order valence-electron chi connectivity index (χ4n) is 3.88. The zero-order valence-corrected chi connectivity index (χ0v) is 18.5. The van der Waals surface area contributed by atoms with Crippen molar-refractivity contribution in [2.24, 2.45) is 5.73 Å². The first-order valence-electron chi connectivity index (χ1n) is 10.3. The second-order valence-corrected chi connectivity index (χ2v) is 9.32. The maximum absolute atomic E-state index is 13.4. The number of anilines is 1. The molecule has 0 radical (unpaired) electrons. The molecule has 3 aromatic rings. The summed E-state index contributed by atoms with van der Waals surface area (Å²) in [5, 5.41) is 8.94. The second-order valence-electron chi connectivity index (χ2n) is 7.73. The van der Waals surface area contributed by atoms with E-state index >= 15 is 0 Å². The van der Waals surface area contributed by atoms with Gasteiger partial charge in [0, 0.05) is 12.0 Å². The third-order valence-electron chi connectivity index (χ3n) is 5.68. The van der Waals surface area contributed by atoms with Gasteiger partial charge in [0.2, 0.25) is 11.0 Å². The van der Waals surface area contributed by atoms with Crippen molar-refractivity contribution in [1.82, 2.24) is 0 Å². The first-order valence-corrected chi connectivity index (χ1v) is 11.5. The third-order valence-corrected chi connectivity index (χ3v) is 7.27. The van der Waals surface area contributed by atoms with Gasteiger partial charge in [-0.3, -0.25) is 4.79 Å². The Kier molecular flexibility index (Phi) is 6.36. The van der Waals surface area contributed by atoms with Crippen molar-refractivity contribution in [2.75, 3.05) is 18.8 Å². The molecular weight excluding hydrogens is 439 g/mol. The van der Waals surface area contributed by atoms with Crippen molar-refractivity contribution in [2.45, 2.75) is 11.3 Å². The number of nitrogens with two attached hydrogens (primary N) is 2. The Balaban J connectivity index is 1.64. The van der Waals surface area contributed by atoms with Gasteiger partial charge in [0.05, 0.1) is 34.3 Å².